The van der Waals surface area contributed by atoms with Crippen molar-refractivity contribution < 1.29 is 22.7 Å². The highest BCUT2D eigenvalue weighted by Crippen LogP contribution is 2.30. The average Bonchev–Trinajstić information content (AvgIpc) is 2.79. The lowest BCUT2D eigenvalue weighted by Gasteiger charge is -2.29. The van der Waals surface area contributed by atoms with Crippen LogP contribution in [0.25, 0.3) is 0 Å². The minimum absolute atomic E-state index is 0.0419. The van der Waals surface area contributed by atoms with E-state index in [1.807, 2.05) is 6.07 Å². The summed E-state index contributed by atoms with van der Waals surface area (Å²) in [5.74, 6) is -0.117. The van der Waals surface area contributed by atoms with Crippen molar-refractivity contribution in [2.24, 2.45) is 0 Å². The lowest BCUT2D eigenvalue weighted by molar-refractivity contribution is -0.140. The van der Waals surface area contributed by atoms with Crippen LogP contribution in [0.3, 0.4) is 0 Å². The third-order valence-electron chi connectivity index (χ3n) is 5.34. The molecule has 1 N–H and O–H groups in total. The number of hydrogen-bond donors (Lipinski definition) is 1. The molecule has 0 aromatic heterocycles. The smallest absolute Gasteiger partial charge is 0.242 e. The van der Waals surface area contributed by atoms with E-state index in [-0.39, 0.29) is 42.8 Å². The van der Waals surface area contributed by atoms with Gasteiger partial charge in [0.25, 0.3) is 0 Å². The molecule has 2 aromatic rings. The molecular weight excluding hydrogens is 513 g/mol. The molecule has 0 aliphatic rings. The molecule has 0 spiro atoms. The summed E-state index contributed by atoms with van der Waals surface area (Å²) in [5, 5.41) is 3.55. The van der Waals surface area contributed by atoms with Crippen molar-refractivity contribution in [2.75, 3.05) is 30.8 Å². The predicted molar refractivity (Wildman–Crippen MR) is 140 cm³/mol. The van der Waals surface area contributed by atoms with Crippen molar-refractivity contribution in [2.45, 2.75) is 39.3 Å². The number of anilines is 1. The maximum atomic E-state index is 13.2. The van der Waals surface area contributed by atoms with Gasteiger partial charge in [0.1, 0.15) is 11.8 Å². The number of sulfonamides is 1. The number of ether oxygens (including phenoxy) is 1. The number of rotatable bonds is 12. The minimum atomic E-state index is -3.63. The first-order valence-electron chi connectivity index (χ1n) is 11.1. The zero-order chi connectivity index (χ0) is 26.2. The molecular formula is C24H31Cl2N3O5S. The first-order valence-corrected chi connectivity index (χ1v) is 13.7. The van der Waals surface area contributed by atoms with Crippen LogP contribution in [0.5, 0.6) is 5.75 Å². The van der Waals surface area contributed by atoms with E-state index in [0.29, 0.717) is 23.0 Å². The summed E-state index contributed by atoms with van der Waals surface area (Å²) in [6.07, 6.45) is 1.37. The van der Waals surface area contributed by atoms with Crippen LogP contribution in [0, 0.1) is 0 Å². The normalized spacial score (nSPS) is 12.1. The summed E-state index contributed by atoms with van der Waals surface area (Å²) in [4.78, 5) is 27.2. The largest absolute Gasteiger partial charge is 0.495 e. The van der Waals surface area contributed by atoms with Crippen LogP contribution in [-0.4, -0.2) is 57.6 Å². The fourth-order valence-corrected chi connectivity index (χ4v) is 4.97. The van der Waals surface area contributed by atoms with Crippen molar-refractivity contribution >= 4 is 50.7 Å². The van der Waals surface area contributed by atoms with E-state index in [0.717, 1.165) is 11.8 Å². The molecule has 192 valence electrons. The molecule has 0 saturated carbocycles. The number of carbonyl (C=O) groups is 2. The molecule has 0 radical (unpaired) electrons. The van der Waals surface area contributed by atoms with Crippen LogP contribution in [-0.2, 0) is 26.2 Å². The van der Waals surface area contributed by atoms with Gasteiger partial charge in [-0.15, -0.1) is 0 Å². The number of likely N-dealkylation sites (N-methyl/N-ethyl adjacent to an activating group) is 1. The van der Waals surface area contributed by atoms with Gasteiger partial charge in [0.15, 0.2) is 0 Å². The Morgan fingerprint density at radius 2 is 1.86 bits per heavy atom. The quantitative estimate of drug-likeness (QED) is 0.434. The van der Waals surface area contributed by atoms with Gasteiger partial charge in [-0.25, -0.2) is 8.42 Å². The number of benzene rings is 2. The number of methoxy groups -OCH3 is 1. The van der Waals surface area contributed by atoms with Crippen LogP contribution >= 0.6 is 23.2 Å². The summed E-state index contributed by atoms with van der Waals surface area (Å²) in [7, 11) is -2.16. The second-order valence-electron chi connectivity index (χ2n) is 7.98. The van der Waals surface area contributed by atoms with E-state index < -0.39 is 16.1 Å². The molecule has 0 unspecified atom stereocenters. The Balaban J connectivity index is 2.18. The fraction of sp³-hybridized carbons (Fsp3) is 0.417. The Labute approximate surface area is 217 Å². The predicted octanol–water partition coefficient (Wildman–Crippen LogP) is 4.10. The van der Waals surface area contributed by atoms with Gasteiger partial charge in [0.2, 0.25) is 21.8 Å². The van der Waals surface area contributed by atoms with E-state index in [1.165, 1.54) is 22.4 Å². The van der Waals surface area contributed by atoms with E-state index >= 15 is 0 Å². The first kappa shape index (κ1) is 28.7. The summed E-state index contributed by atoms with van der Waals surface area (Å²) < 4.78 is 31.2. The van der Waals surface area contributed by atoms with Crippen molar-refractivity contribution in [3.8, 4) is 5.75 Å². The number of carbonyl (C=O) groups excluding carboxylic acids is 2. The molecule has 1 atom stereocenters. The third kappa shape index (κ3) is 8.30. The van der Waals surface area contributed by atoms with Gasteiger partial charge >= 0.3 is 0 Å². The zero-order valence-corrected chi connectivity index (χ0v) is 22.6. The Morgan fingerprint density at radius 1 is 1.14 bits per heavy atom. The van der Waals surface area contributed by atoms with Crippen LogP contribution in [0.4, 0.5) is 5.69 Å². The van der Waals surface area contributed by atoms with Crippen LogP contribution in [0.1, 0.15) is 32.3 Å². The van der Waals surface area contributed by atoms with Gasteiger partial charge in [0.05, 0.1) is 24.1 Å². The van der Waals surface area contributed by atoms with E-state index in [1.54, 1.807) is 44.2 Å². The molecule has 11 heteroatoms. The molecule has 0 aliphatic carbocycles. The van der Waals surface area contributed by atoms with Gasteiger partial charge < -0.3 is 15.0 Å². The second-order valence-corrected chi connectivity index (χ2v) is 10.7. The summed E-state index contributed by atoms with van der Waals surface area (Å²) in [6, 6.07) is 11.0. The van der Waals surface area contributed by atoms with Crippen LogP contribution in [0.15, 0.2) is 42.5 Å². The highest BCUT2D eigenvalue weighted by atomic mass is 35.5. The first-order chi connectivity index (χ1) is 16.5. The number of amides is 2. The Hall–Kier alpha value is -2.49. The van der Waals surface area contributed by atoms with Crippen LogP contribution in [0.2, 0.25) is 10.0 Å². The summed E-state index contributed by atoms with van der Waals surface area (Å²) in [6.45, 7) is 4.17. The molecule has 0 aliphatic heterocycles. The number of halogens is 2. The van der Waals surface area contributed by atoms with Crippen molar-refractivity contribution in [1.29, 1.82) is 0 Å². The molecule has 0 heterocycles. The highest BCUT2D eigenvalue weighted by Gasteiger charge is 2.26. The maximum absolute atomic E-state index is 13.2. The molecule has 2 amide bonds. The van der Waals surface area contributed by atoms with Gasteiger partial charge in [-0.3, -0.25) is 13.9 Å². The van der Waals surface area contributed by atoms with Crippen molar-refractivity contribution in [3.63, 3.8) is 0 Å². The van der Waals surface area contributed by atoms with Gasteiger partial charge in [-0.2, -0.15) is 0 Å². The van der Waals surface area contributed by atoms with E-state index in [2.05, 4.69) is 5.32 Å². The monoisotopic (exact) mass is 543 g/mol. The van der Waals surface area contributed by atoms with Gasteiger partial charge in [-0.05, 0) is 56.2 Å². The molecule has 0 bridgehead atoms. The fourth-order valence-electron chi connectivity index (χ4n) is 3.55. The molecule has 0 saturated heterocycles. The topological polar surface area (TPSA) is 96.0 Å². The molecule has 2 rings (SSSR count). The Bertz CT molecular complexity index is 1140. The molecule has 8 nitrogen and oxygen atoms in total. The Kier molecular flexibility index (Phi) is 10.7. The molecule has 0 fully saturated rings. The van der Waals surface area contributed by atoms with Crippen LogP contribution < -0.4 is 14.4 Å². The van der Waals surface area contributed by atoms with E-state index in [4.69, 9.17) is 27.9 Å². The third-order valence-corrected chi connectivity index (χ3v) is 7.06. The zero-order valence-electron chi connectivity index (χ0n) is 20.3. The van der Waals surface area contributed by atoms with Gasteiger partial charge in [0, 0.05) is 31.1 Å². The van der Waals surface area contributed by atoms with Crippen molar-refractivity contribution in [3.05, 3.63) is 58.1 Å². The SMILES string of the molecule is CCNC(=O)[C@@H](C)N(Cc1cccc(Cl)c1)C(=O)CCCN(c1ccc(OC)c(Cl)c1)S(C)(=O)=O. The van der Waals surface area contributed by atoms with Crippen molar-refractivity contribution in [1.82, 2.24) is 10.2 Å². The Morgan fingerprint density at radius 3 is 2.43 bits per heavy atom. The summed E-state index contributed by atoms with van der Waals surface area (Å²) >= 11 is 12.3. The second kappa shape index (κ2) is 13.0. The summed E-state index contributed by atoms with van der Waals surface area (Å²) in [5.41, 5.74) is 1.16. The number of nitrogens with zero attached hydrogens (tertiary/aromatic N) is 2. The van der Waals surface area contributed by atoms with Gasteiger partial charge in [-0.1, -0.05) is 35.3 Å². The van der Waals surface area contributed by atoms with E-state index in [9.17, 15) is 18.0 Å². The average molecular weight is 545 g/mol. The lowest BCUT2D eigenvalue weighted by atomic mass is 10.1. The standard InChI is InChI=1S/C24H31Cl2N3O5S/c1-5-27-24(31)17(2)28(16-18-8-6-9-19(25)14-18)23(30)10-7-13-29(35(4,32)33)20-11-12-22(34-3)21(26)15-20/h6,8-9,11-12,14-15,17H,5,7,10,13,16H2,1-4H3,(H,27,31)/t17-/m1/s1. The number of nitrogens with one attached hydrogen (secondary N) is 1. The number of hydrogen-bond acceptors (Lipinski definition) is 5. The minimum Gasteiger partial charge on any atom is -0.495 e. The highest BCUT2D eigenvalue weighted by molar-refractivity contribution is 7.92. The lowest BCUT2D eigenvalue weighted by Crippen LogP contribution is -2.47. The molecule has 2 aromatic carbocycles. The molecule has 35 heavy (non-hydrogen) atoms. The maximum Gasteiger partial charge on any atom is 0.242 e.